The fraction of sp³-hybridized carbons (Fsp3) is 0.125. The molecule has 0 aliphatic carbocycles. The molecule has 146 valence electrons. The van der Waals surface area contributed by atoms with Crippen molar-refractivity contribution in [1.82, 2.24) is 10.2 Å². The van der Waals surface area contributed by atoms with Gasteiger partial charge in [0.15, 0.2) is 0 Å². The Morgan fingerprint density at radius 3 is 2.45 bits per heavy atom. The molecular weight excluding hydrogens is 362 g/mol. The van der Waals surface area contributed by atoms with Crippen LogP contribution in [0.5, 0.6) is 11.5 Å². The number of anilines is 1. The van der Waals surface area contributed by atoms with E-state index >= 15 is 0 Å². The molecule has 0 unspecified atom stereocenters. The smallest absolute Gasteiger partial charge is 0.130 e. The summed E-state index contributed by atoms with van der Waals surface area (Å²) < 4.78 is 11.7. The quantitative estimate of drug-likeness (QED) is 0.425. The summed E-state index contributed by atoms with van der Waals surface area (Å²) >= 11 is 0. The van der Waals surface area contributed by atoms with Gasteiger partial charge in [0.2, 0.25) is 0 Å². The number of aromatic amines is 1. The van der Waals surface area contributed by atoms with Crippen molar-refractivity contribution in [3.63, 3.8) is 0 Å². The first-order valence-corrected chi connectivity index (χ1v) is 9.56. The molecule has 1 heterocycles. The van der Waals surface area contributed by atoms with Crippen molar-refractivity contribution in [2.75, 3.05) is 12.3 Å². The van der Waals surface area contributed by atoms with Crippen LogP contribution in [0.2, 0.25) is 0 Å². The van der Waals surface area contributed by atoms with E-state index in [1.165, 1.54) is 5.56 Å². The van der Waals surface area contributed by atoms with Gasteiger partial charge in [-0.2, -0.15) is 5.10 Å². The van der Waals surface area contributed by atoms with Crippen LogP contribution in [0.3, 0.4) is 0 Å². The monoisotopic (exact) mass is 385 g/mol. The van der Waals surface area contributed by atoms with Gasteiger partial charge in [-0.05, 0) is 48.0 Å². The van der Waals surface area contributed by atoms with Gasteiger partial charge in [0.1, 0.15) is 18.1 Å². The van der Waals surface area contributed by atoms with Gasteiger partial charge in [0.25, 0.3) is 0 Å². The van der Waals surface area contributed by atoms with Crippen LogP contribution in [0.1, 0.15) is 11.3 Å². The second kappa shape index (κ2) is 8.97. The molecule has 0 spiro atoms. The summed E-state index contributed by atoms with van der Waals surface area (Å²) in [6, 6.07) is 27.6. The topological polar surface area (TPSA) is 73.2 Å². The number of nitrogens with one attached hydrogen (secondary N) is 1. The third kappa shape index (κ3) is 5.17. The number of rotatable bonds is 8. The molecule has 0 aliphatic heterocycles. The van der Waals surface area contributed by atoms with Gasteiger partial charge in [0.05, 0.1) is 18.0 Å². The molecule has 4 rings (SSSR count). The third-order valence-corrected chi connectivity index (χ3v) is 4.54. The van der Waals surface area contributed by atoms with E-state index in [4.69, 9.17) is 15.2 Å². The molecule has 0 saturated heterocycles. The maximum atomic E-state index is 5.92. The highest BCUT2D eigenvalue weighted by Crippen LogP contribution is 2.23. The van der Waals surface area contributed by atoms with Crippen molar-refractivity contribution >= 4 is 5.69 Å². The summed E-state index contributed by atoms with van der Waals surface area (Å²) in [6.07, 6.45) is 0.875. The molecule has 0 fully saturated rings. The minimum absolute atomic E-state index is 0.407. The SMILES string of the molecule is Nc1ccc(OCc2cc(-c3cccc(OCCc4ccccc4)c3)n[nH]2)cc1. The molecule has 0 atom stereocenters. The number of hydrogen-bond donors (Lipinski definition) is 2. The molecule has 5 heteroatoms. The molecule has 0 radical (unpaired) electrons. The molecule has 29 heavy (non-hydrogen) atoms. The molecule has 4 aromatic rings. The second-order valence-electron chi connectivity index (χ2n) is 6.75. The molecule has 5 nitrogen and oxygen atoms in total. The number of H-pyrrole nitrogens is 1. The minimum atomic E-state index is 0.407. The Morgan fingerprint density at radius 2 is 1.62 bits per heavy atom. The Labute approximate surface area is 170 Å². The van der Waals surface area contributed by atoms with Gasteiger partial charge in [-0.25, -0.2) is 0 Å². The van der Waals surface area contributed by atoms with E-state index in [1.807, 2.05) is 72.8 Å². The highest BCUT2D eigenvalue weighted by Gasteiger charge is 2.06. The van der Waals surface area contributed by atoms with Crippen LogP contribution >= 0.6 is 0 Å². The van der Waals surface area contributed by atoms with E-state index in [1.54, 1.807) is 0 Å². The summed E-state index contributed by atoms with van der Waals surface area (Å²) in [6.45, 7) is 1.04. The normalized spacial score (nSPS) is 10.6. The second-order valence-corrected chi connectivity index (χ2v) is 6.75. The lowest BCUT2D eigenvalue weighted by molar-refractivity contribution is 0.301. The minimum Gasteiger partial charge on any atom is -0.493 e. The molecule has 0 saturated carbocycles. The summed E-state index contributed by atoms with van der Waals surface area (Å²) in [4.78, 5) is 0. The Balaban J connectivity index is 1.35. The van der Waals surface area contributed by atoms with Gasteiger partial charge in [-0.3, -0.25) is 5.10 Å². The van der Waals surface area contributed by atoms with Crippen molar-refractivity contribution in [3.05, 3.63) is 96.2 Å². The number of hydrogen-bond acceptors (Lipinski definition) is 4. The van der Waals surface area contributed by atoms with Gasteiger partial charge >= 0.3 is 0 Å². The van der Waals surface area contributed by atoms with Crippen LogP contribution in [0, 0.1) is 0 Å². The Kier molecular flexibility index (Phi) is 5.76. The van der Waals surface area contributed by atoms with E-state index in [0.717, 1.165) is 34.9 Å². The molecule has 3 N–H and O–H groups in total. The molecule has 3 aromatic carbocycles. The van der Waals surface area contributed by atoms with Crippen LogP contribution in [-0.4, -0.2) is 16.8 Å². The lowest BCUT2D eigenvalue weighted by Gasteiger charge is -2.07. The lowest BCUT2D eigenvalue weighted by atomic mass is 10.1. The zero-order chi connectivity index (χ0) is 19.9. The number of nitrogens with two attached hydrogens (primary N) is 1. The Hall–Kier alpha value is -3.73. The predicted octanol–water partition coefficient (Wildman–Crippen LogP) is 4.86. The summed E-state index contributed by atoms with van der Waals surface area (Å²) in [7, 11) is 0. The van der Waals surface area contributed by atoms with E-state index in [-0.39, 0.29) is 0 Å². The van der Waals surface area contributed by atoms with E-state index in [0.29, 0.717) is 18.9 Å². The summed E-state index contributed by atoms with van der Waals surface area (Å²) in [5.74, 6) is 1.60. The summed E-state index contributed by atoms with van der Waals surface area (Å²) in [5.41, 5.74) is 10.4. The van der Waals surface area contributed by atoms with Gasteiger partial charge in [-0.15, -0.1) is 0 Å². The summed E-state index contributed by atoms with van der Waals surface area (Å²) in [5, 5.41) is 7.43. The van der Waals surface area contributed by atoms with E-state index < -0.39 is 0 Å². The molecule has 0 bridgehead atoms. The molecule has 0 amide bonds. The van der Waals surface area contributed by atoms with Crippen molar-refractivity contribution in [3.8, 4) is 22.8 Å². The zero-order valence-electron chi connectivity index (χ0n) is 16.0. The number of benzene rings is 3. The first-order valence-electron chi connectivity index (χ1n) is 9.56. The van der Waals surface area contributed by atoms with Gasteiger partial charge in [0, 0.05) is 17.7 Å². The number of nitrogen functional groups attached to an aromatic ring is 1. The maximum Gasteiger partial charge on any atom is 0.130 e. The fourth-order valence-corrected chi connectivity index (χ4v) is 2.99. The highest BCUT2D eigenvalue weighted by atomic mass is 16.5. The first-order chi connectivity index (χ1) is 14.3. The standard InChI is InChI=1S/C24H23N3O2/c25-20-9-11-22(12-10-20)29-17-21-16-24(27-26-21)19-7-4-8-23(15-19)28-14-13-18-5-2-1-3-6-18/h1-12,15-16H,13-14,17,25H2,(H,26,27). The van der Waals surface area contributed by atoms with Crippen LogP contribution in [0.25, 0.3) is 11.3 Å². The van der Waals surface area contributed by atoms with Crippen LogP contribution in [-0.2, 0) is 13.0 Å². The fourth-order valence-electron chi connectivity index (χ4n) is 2.99. The Morgan fingerprint density at radius 1 is 0.793 bits per heavy atom. The van der Waals surface area contributed by atoms with Crippen LogP contribution in [0.15, 0.2) is 84.9 Å². The maximum absolute atomic E-state index is 5.92. The van der Waals surface area contributed by atoms with Crippen LogP contribution < -0.4 is 15.2 Å². The number of ether oxygens (including phenoxy) is 2. The number of aromatic nitrogens is 2. The van der Waals surface area contributed by atoms with Crippen molar-refractivity contribution in [1.29, 1.82) is 0 Å². The van der Waals surface area contributed by atoms with Gasteiger partial charge < -0.3 is 15.2 Å². The highest BCUT2D eigenvalue weighted by molar-refractivity contribution is 5.61. The van der Waals surface area contributed by atoms with Gasteiger partial charge in [-0.1, -0.05) is 42.5 Å². The third-order valence-electron chi connectivity index (χ3n) is 4.54. The van der Waals surface area contributed by atoms with Crippen molar-refractivity contribution in [2.24, 2.45) is 0 Å². The number of nitrogens with zero attached hydrogens (tertiary/aromatic N) is 1. The lowest BCUT2D eigenvalue weighted by Crippen LogP contribution is -2.01. The van der Waals surface area contributed by atoms with Crippen LogP contribution in [0.4, 0.5) is 5.69 Å². The van der Waals surface area contributed by atoms with E-state index in [2.05, 4.69) is 22.3 Å². The van der Waals surface area contributed by atoms with Crippen molar-refractivity contribution < 1.29 is 9.47 Å². The zero-order valence-corrected chi connectivity index (χ0v) is 16.0. The van der Waals surface area contributed by atoms with E-state index in [9.17, 15) is 0 Å². The van der Waals surface area contributed by atoms with Crippen molar-refractivity contribution in [2.45, 2.75) is 13.0 Å². The molecule has 1 aromatic heterocycles. The molecular formula is C24H23N3O2. The Bertz CT molecular complexity index is 1040. The average molecular weight is 385 g/mol. The predicted molar refractivity (Wildman–Crippen MR) is 115 cm³/mol. The largest absolute Gasteiger partial charge is 0.493 e. The first kappa shape index (κ1) is 18.6. The average Bonchev–Trinajstić information content (AvgIpc) is 3.24. The molecule has 0 aliphatic rings.